The molecule has 0 spiro atoms. The first kappa shape index (κ1) is 8.64. The van der Waals surface area contributed by atoms with Gasteiger partial charge < -0.3 is 5.32 Å². The Bertz CT molecular complexity index is 370. The molecule has 0 atom stereocenters. The van der Waals surface area contributed by atoms with Gasteiger partial charge in [0.15, 0.2) is 0 Å². The van der Waals surface area contributed by atoms with E-state index in [9.17, 15) is 0 Å². The van der Waals surface area contributed by atoms with E-state index >= 15 is 0 Å². The number of hydrogen-bond donors (Lipinski definition) is 2. The van der Waals surface area contributed by atoms with Crippen LogP contribution in [-0.4, -0.2) is 20.6 Å². The number of H-pyrrole nitrogens is 1. The third-order valence-electron chi connectivity index (χ3n) is 1.44. The SMILES string of the molecule is Brc1ccsc1CNc1nn[nH]n1. The summed E-state index contributed by atoms with van der Waals surface area (Å²) in [4.78, 5) is 1.21. The van der Waals surface area contributed by atoms with E-state index in [0.717, 1.165) is 4.47 Å². The van der Waals surface area contributed by atoms with Crippen molar-refractivity contribution < 1.29 is 0 Å². The molecular weight excluding hydrogens is 254 g/mol. The number of aromatic amines is 1. The largest absolute Gasteiger partial charge is 0.347 e. The molecule has 2 aromatic rings. The van der Waals surface area contributed by atoms with E-state index in [1.165, 1.54) is 4.88 Å². The average molecular weight is 260 g/mol. The van der Waals surface area contributed by atoms with Crippen LogP contribution in [0.25, 0.3) is 0 Å². The summed E-state index contributed by atoms with van der Waals surface area (Å²) in [7, 11) is 0. The van der Waals surface area contributed by atoms with Crippen LogP contribution in [0, 0.1) is 0 Å². The molecule has 0 saturated carbocycles. The summed E-state index contributed by atoms with van der Waals surface area (Å²) in [5.41, 5.74) is 0. The van der Waals surface area contributed by atoms with E-state index in [0.29, 0.717) is 12.5 Å². The molecule has 7 heteroatoms. The highest BCUT2D eigenvalue weighted by atomic mass is 79.9. The van der Waals surface area contributed by atoms with Gasteiger partial charge in [0.1, 0.15) is 0 Å². The minimum absolute atomic E-state index is 0.514. The Kier molecular flexibility index (Phi) is 2.55. The zero-order valence-electron chi connectivity index (χ0n) is 6.49. The number of anilines is 1. The third-order valence-corrected chi connectivity index (χ3v) is 3.37. The lowest BCUT2D eigenvalue weighted by molar-refractivity contribution is 0.881. The topological polar surface area (TPSA) is 66.5 Å². The maximum atomic E-state index is 3.78. The maximum absolute atomic E-state index is 3.78. The Morgan fingerprint density at radius 1 is 1.62 bits per heavy atom. The second kappa shape index (κ2) is 3.84. The highest BCUT2D eigenvalue weighted by Gasteiger charge is 2.02. The molecule has 0 aromatic carbocycles. The summed E-state index contributed by atoms with van der Waals surface area (Å²) < 4.78 is 1.11. The van der Waals surface area contributed by atoms with Crippen molar-refractivity contribution in [3.8, 4) is 0 Å². The molecule has 0 aliphatic heterocycles. The predicted molar refractivity (Wildman–Crippen MR) is 53.5 cm³/mol. The van der Waals surface area contributed by atoms with Gasteiger partial charge in [-0.05, 0) is 32.6 Å². The van der Waals surface area contributed by atoms with Gasteiger partial charge in [-0.1, -0.05) is 5.10 Å². The van der Waals surface area contributed by atoms with Crippen LogP contribution < -0.4 is 5.32 Å². The number of hydrogen-bond acceptors (Lipinski definition) is 5. The fourth-order valence-corrected chi connectivity index (χ4v) is 2.28. The Morgan fingerprint density at radius 2 is 2.54 bits per heavy atom. The van der Waals surface area contributed by atoms with Crippen LogP contribution in [0.3, 0.4) is 0 Å². The molecule has 2 N–H and O–H groups in total. The highest BCUT2D eigenvalue weighted by Crippen LogP contribution is 2.22. The van der Waals surface area contributed by atoms with Crippen LogP contribution in [0.15, 0.2) is 15.9 Å². The molecule has 0 saturated heterocycles. The molecule has 2 rings (SSSR count). The van der Waals surface area contributed by atoms with E-state index in [1.54, 1.807) is 11.3 Å². The van der Waals surface area contributed by atoms with E-state index in [4.69, 9.17) is 0 Å². The standard InChI is InChI=1S/C6H6BrN5S/c7-4-1-2-13-5(4)3-8-6-9-11-12-10-6/h1-2H,3H2,(H2,8,9,10,11,12). The van der Waals surface area contributed by atoms with Gasteiger partial charge in [0.25, 0.3) is 5.95 Å². The first-order valence-electron chi connectivity index (χ1n) is 3.55. The number of tetrazole rings is 1. The van der Waals surface area contributed by atoms with E-state index in [-0.39, 0.29) is 0 Å². The lowest BCUT2D eigenvalue weighted by Gasteiger charge is -1.97. The van der Waals surface area contributed by atoms with E-state index in [2.05, 4.69) is 41.9 Å². The summed E-state index contributed by atoms with van der Waals surface area (Å²) in [6.07, 6.45) is 0. The molecule has 0 fully saturated rings. The Labute approximate surface area is 86.7 Å². The van der Waals surface area contributed by atoms with Crippen LogP contribution in [0.1, 0.15) is 4.88 Å². The number of rotatable bonds is 3. The van der Waals surface area contributed by atoms with E-state index in [1.807, 2.05) is 11.4 Å². The molecule has 68 valence electrons. The minimum atomic E-state index is 0.514. The van der Waals surface area contributed by atoms with Gasteiger partial charge in [-0.2, -0.15) is 5.21 Å². The van der Waals surface area contributed by atoms with Crippen molar-refractivity contribution in [2.24, 2.45) is 0 Å². The summed E-state index contributed by atoms with van der Waals surface area (Å²) >= 11 is 5.11. The Morgan fingerprint density at radius 3 is 3.15 bits per heavy atom. The van der Waals surface area contributed by atoms with Gasteiger partial charge in [-0.3, -0.25) is 0 Å². The molecule has 13 heavy (non-hydrogen) atoms. The molecule has 2 aromatic heterocycles. The van der Waals surface area contributed by atoms with Crippen LogP contribution in [0.5, 0.6) is 0 Å². The van der Waals surface area contributed by atoms with Crippen LogP contribution in [-0.2, 0) is 6.54 Å². The minimum Gasteiger partial charge on any atom is -0.347 e. The van der Waals surface area contributed by atoms with Crippen molar-refractivity contribution in [2.75, 3.05) is 5.32 Å². The van der Waals surface area contributed by atoms with Crippen molar-refractivity contribution in [3.05, 3.63) is 20.8 Å². The second-order valence-corrected chi connectivity index (χ2v) is 4.14. The summed E-state index contributed by atoms with van der Waals surface area (Å²) in [5.74, 6) is 0.514. The molecular formula is C6H6BrN5S. The summed E-state index contributed by atoms with van der Waals surface area (Å²) in [5, 5.41) is 18.4. The Hall–Kier alpha value is -0.950. The van der Waals surface area contributed by atoms with Crippen molar-refractivity contribution >= 4 is 33.2 Å². The fraction of sp³-hybridized carbons (Fsp3) is 0.167. The summed E-state index contributed by atoms with van der Waals surface area (Å²) in [6, 6.07) is 2.01. The van der Waals surface area contributed by atoms with Gasteiger partial charge in [0.2, 0.25) is 0 Å². The van der Waals surface area contributed by atoms with E-state index < -0.39 is 0 Å². The van der Waals surface area contributed by atoms with Crippen LogP contribution >= 0.6 is 27.3 Å². The molecule has 0 unspecified atom stereocenters. The Balaban J connectivity index is 1.97. The molecule has 0 aliphatic carbocycles. The average Bonchev–Trinajstić information content (AvgIpc) is 2.72. The molecule has 5 nitrogen and oxygen atoms in total. The van der Waals surface area contributed by atoms with Crippen molar-refractivity contribution in [1.82, 2.24) is 20.6 Å². The maximum Gasteiger partial charge on any atom is 0.263 e. The van der Waals surface area contributed by atoms with Crippen molar-refractivity contribution in [1.29, 1.82) is 0 Å². The number of nitrogens with one attached hydrogen (secondary N) is 2. The first-order valence-corrected chi connectivity index (χ1v) is 5.23. The molecule has 0 amide bonds. The van der Waals surface area contributed by atoms with Gasteiger partial charge in [0, 0.05) is 9.35 Å². The number of aromatic nitrogens is 4. The zero-order valence-corrected chi connectivity index (χ0v) is 8.89. The summed E-state index contributed by atoms with van der Waals surface area (Å²) in [6.45, 7) is 0.706. The second-order valence-electron chi connectivity index (χ2n) is 2.28. The molecule has 0 aliphatic rings. The number of halogens is 1. The third kappa shape index (κ3) is 2.04. The first-order chi connectivity index (χ1) is 6.36. The van der Waals surface area contributed by atoms with Gasteiger partial charge in [-0.25, -0.2) is 0 Å². The quantitative estimate of drug-likeness (QED) is 0.880. The van der Waals surface area contributed by atoms with Crippen molar-refractivity contribution in [3.63, 3.8) is 0 Å². The smallest absolute Gasteiger partial charge is 0.263 e. The van der Waals surface area contributed by atoms with Gasteiger partial charge in [0.05, 0.1) is 6.54 Å². The van der Waals surface area contributed by atoms with Gasteiger partial charge >= 0.3 is 0 Å². The van der Waals surface area contributed by atoms with Gasteiger partial charge in [-0.15, -0.1) is 16.4 Å². The van der Waals surface area contributed by atoms with Crippen LogP contribution in [0.4, 0.5) is 5.95 Å². The lowest BCUT2D eigenvalue weighted by atomic mass is 10.5. The molecule has 2 heterocycles. The van der Waals surface area contributed by atoms with Crippen molar-refractivity contribution in [2.45, 2.75) is 6.54 Å². The zero-order chi connectivity index (χ0) is 9.10. The molecule has 0 bridgehead atoms. The normalized spacial score (nSPS) is 10.2. The van der Waals surface area contributed by atoms with Crippen LogP contribution in [0.2, 0.25) is 0 Å². The highest BCUT2D eigenvalue weighted by molar-refractivity contribution is 9.10. The predicted octanol–water partition coefficient (Wildman–Crippen LogP) is 1.64. The number of nitrogens with zero attached hydrogens (tertiary/aromatic N) is 3. The molecule has 0 radical (unpaired) electrons. The lowest BCUT2D eigenvalue weighted by Crippen LogP contribution is -1.99. The number of thiophene rings is 1. The fourth-order valence-electron chi connectivity index (χ4n) is 0.847. The monoisotopic (exact) mass is 259 g/mol.